The number of nitrogens with two attached hydrogens (primary N) is 1. The fourth-order valence-corrected chi connectivity index (χ4v) is 2.77. The van der Waals surface area contributed by atoms with E-state index in [-0.39, 0.29) is 18.0 Å². The summed E-state index contributed by atoms with van der Waals surface area (Å²) in [6, 6.07) is 4.76. The van der Waals surface area contributed by atoms with Crippen molar-refractivity contribution in [2.24, 2.45) is 5.73 Å². The number of benzene rings is 1. The quantitative estimate of drug-likeness (QED) is 0.919. The second kappa shape index (κ2) is 6.79. The van der Waals surface area contributed by atoms with Gasteiger partial charge in [-0.2, -0.15) is 0 Å². The van der Waals surface area contributed by atoms with Crippen LogP contribution in [0.5, 0.6) is 0 Å². The van der Waals surface area contributed by atoms with Crippen molar-refractivity contribution in [3.05, 3.63) is 34.1 Å². The first-order valence-corrected chi connectivity index (χ1v) is 7.43. The molecule has 3 nitrogen and oxygen atoms in total. The highest BCUT2D eigenvalue weighted by molar-refractivity contribution is 9.10. The molecule has 1 aromatic rings. The summed E-state index contributed by atoms with van der Waals surface area (Å²) in [5.41, 5.74) is 6.82. The number of morpholine rings is 1. The minimum absolute atomic E-state index is 0.0212. The molecule has 1 aliphatic rings. The number of likely N-dealkylation sites (N-methyl/N-ethyl adjacent to an activating group) is 1. The summed E-state index contributed by atoms with van der Waals surface area (Å²) in [5.74, 6) is -0.207. The molecule has 2 N–H and O–H groups in total. The van der Waals surface area contributed by atoms with Crippen LogP contribution in [-0.4, -0.2) is 43.3 Å². The fourth-order valence-electron chi connectivity index (χ4n) is 2.36. The zero-order chi connectivity index (χ0) is 13.8. The van der Waals surface area contributed by atoms with Gasteiger partial charge in [-0.25, -0.2) is 4.39 Å². The first-order valence-electron chi connectivity index (χ1n) is 6.63. The molecular weight excluding hydrogens is 311 g/mol. The molecule has 1 heterocycles. The molecule has 0 aliphatic carbocycles. The van der Waals surface area contributed by atoms with Gasteiger partial charge in [0.1, 0.15) is 5.82 Å². The van der Waals surface area contributed by atoms with Crippen LogP contribution in [0.2, 0.25) is 0 Å². The van der Waals surface area contributed by atoms with Crippen molar-refractivity contribution in [3.63, 3.8) is 0 Å². The summed E-state index contributed by atoms with van der Waals surface area (Å²) in [6.45, 7) is 5.60. The Kier molecular flexibility index (Phi) is 5.33. The summed E-state index contributed by atoms with van der Waals surface area (Å²) in [5, 5.41) is 0. The monoisotopic (exact) mass is 330 g/mol. The first kappa shape index (κ1) is 14.9. The molecular formula is C14H20BrFN2O. The Labute approximate surface area is 122 Å². The van der Waals surface area contributed by atoms with Crippen LogP contribution in [0.4, 0.5) is 4.39 Å². The zero-order valence-corrected chi connectivity index (χ0v) is 12.7. The summed E-state index contributed by atoms with van der Waals surface area (Å²) in [4.78, 5) is 2.31. The van der Waals surface area contributed by atoms with E-state index in [0.717, 1.165) is 24.1 Å². The predicted octanol–water partition coefficient (Wildman–Crippen LogP) is 2.18. The molecule has 1 saturated heterocycles. The largest absolute Gasteiger partial charge is 0.374 e. The summed E-state index contributed by atoms with van der Waals surface area (Å²) in [7, 11) is 0. The number of rotatable bonds is 4. The van der Waals surface area contributed by atoms with Crippen LogP contribution < -0.4 is 5.73 Å². The van der Waals surface area contributed by atoms with Gasteiger partial charge in [-0.3, -0.25) is 4.90 Å². The molecule has 106 valence electrons. The molecule has 2 atom stereocenters. The van der Waals surface area contributed by atoms with Crippen LogP contribution in [0.3, 0.4) is 0 Å². The van der Waals surface area contributed by atoms with Gasteiger partial charge in [-0.15, -0.1) is 0 Å². The molecule has 0 saturated carbocycles. The zero-order valence-electron chi connectivity index (χ0n) is 11.1. The highest BCUT2D eigenvalue weighted by Gasteiger charge is 2.25. The Morgan fingerprint density at radius 1 is 1.58 bits per heavy atom. The molecule has 19 heavy (non-hydrogen) atoms. The Balaban J connectivity index is 2.00. The fraction of sp³-hybridized carbons (Fsp3) is 0.571. The second-order valence-corrected chi connectivity index (χ2v) is 5.82. The van der Waals surface area contributed by atoms with Gasteiger partial charge in [-0.1, -0.05) is 22.9 Å². The molecule has 2 unspecified atom stereocenters. The standard InChI is InChI=1S/C14H20BrFN2O/c1-2-18-5-6-19-14(9-18)13(17)8-10-7-11(15)3-4-12(10)16/h3-4,7,13-14H,2,5-6,8-9,17H2,1H3. The van der Waals surface area contributed by atoms with Gasteiger partial charge in [0.2, 0.25) is 0 Å². The van der Waals surface area contributed by atoms with E-state index in [4.69, 9.17) is 10.5 Å². The number of halogens is 2. The minimum Gasteiger partial charge on any atom is -0.374 e. The molecule has 0 aromatic heterocycles. The summed E-state index contributed by atoms with van der Waals surface area (Å²) in [6.07, 6.45) is 0.472. The van der Waals surface area contributed by atoms with Crippen molar-refractivity contribution in [1.29, 1.82) is 0 Å². The topological polar surface area (TPSA) is 38.5 Å². The van der Waals surface area contributed by atoms with Crippen LogP contribution in [-0.2, 0) is 11.2 Å². The third kappa shape index (κ3) is 3.99. The van der Waals surface area contributed by atoms with E-state index >= 15 is 0 Å². The highest BCUT2D eigenvalue weighted by Crippen LogP contribution is 2.18. The van der Waals surface area contributed by atoms with E-state index in [1.165, 1.54) is 6.07 Å². The van der Waals surface area contributed by atoms with Gasteiger partial charge in [0.25, 0.3) is 0 Å². The molecule has 0 spiro atoms. The van der Waals surface area contributed by atoms with Crippen molar-refractivity contribution < 1.29 is 9.13 Å². The lowest BCUT2D eigenvalue weighted by Gasteiger charge is -2.35. The number of hydrogen-bond donors (Lipinski definition) is 1. The van der Waals surface area contributed by atoms with Crippen molar-refractivity contribution in [2.45, 2.75) is 25.5 Å². The van der Waals surface area contributed by atoms with Crippen LogP contribution in [0.15, 0.2) is 22.7 Å². The molecule has 5 heteroatoms. The molecule has 2 rings (SSSR count). The van der Waals surface area contributed by atoms with Gasteiger partial charge in [-0.05, 0) is 36.7 Å². The molecule has 1 fully saturated rings. The van der Waals surface area contributed by atoms with Gasteiger partial charge < -0.3 is 10.5 Å². The second-order valence-electron chi connectivity index (χ2n) is 4.91. The normalized spacial score (nSPS) is 22.4. The van der Waals surface area contributed by atoms with Crippen LogP contribution >= 0.6 is 15.9 Å². The number of nitrogens with zero attached hydrogens (tertiary/aromatic N) is 1. The van der Waals surface area contributed by atoms with Crippen molar-refractivity contribution >= 4 is 15.9 Å². The third-order valence-electron chi connectivity index (χ3n) is 3.57. The van der Waals surface area contributed by atoms with Gasteiger partial charge >= 0.3 is 0 Å². The van der Waals surface area contributed by atoms with E-state index < -0.39 is 0 Å². The van der Waals surface area contributed by atoms with Gasteiger partial charge in [0.15, 0.2) is 0 Å². The lowest BCUT2D eigenvalue weighted by atomic mass is 10.0. The molecule has 0 amide bonds. The smallest absolute Gasteiger partial charge is 0.126 e. The van der Waals surface area contributed by atoms with Crippen molar-refractivity contribution in [3.8, 4) is 0 Å². The summed E-state index contributed by atoms with van der Waals surface area (Å²) >= 11 is 3.36. The van der Waals surface area contributed by atoms with E-state index in [9.17, 15) is 4.39 Å². The predicted molar refractivity (Wildman–Crippen MR) is 77.6 cm³/mol. The van der Waals surface area contributed by atoms with Crippen LogP contribution in [0.1, 0.15) is 12.5 Å². The Morgan fingerprint density at radius 2 is 2.37 bits per heavy atom. The average molecular weight is 331 g/mol. The van der Waals surface area contributed by atoms with Crippen LogP contribution in [0, 0.1) is 5.82 Å². The third-order valence-corrected chi connectivity index (χ3v) is 4.06. The minimum atomic E-state index is -0.207. The van der Waals surface area contributed by atoms with Crippen LogP contribution in [0.25, 0.3) is 0 Å². The average Bonchev–Trinajstić information content (AvgIpc) is 2.43. The Bertz CT molecular complexity index is 430. The summed E-state index contributed by atoms with van der Waals surface area (Å²) < 4.78 is 20.3. The van der Waals surface area contributed by atoms with E-state index in [1.807, 2.05) is 0 Å². The van der Waals surface area contributed by atoms with E-state index in [2.05, 4.69) is 27.8 Å². The van der Waals surface area contributed by atoms with E-state index in [1.54, 1.807) is 12.1 Å². The molecule has 0 radical (unpaired) electrons. The molecule has 0 bridgehead atoms. The first-order chi connectivity index (χ1) is 9.10. The SMILES string of the molecule is CCN1CCOC(C(N)Cc2cc(Br)ccc2F)C1. The maximum atomic E-state index is 13.7. The Morgan fingerprint density at radius 3 is 3.11 bits per heavy atom. The van der Waals surface area contributed by atoms with Crippen molar-refractivity contribution in [1.82, 2.24) is 4.90 Å². The number of hydrogen-bond acceptors (Lipinski definition) is 3. The maximum Gasteiger partial charge on any atom is 0.126 e. The van der Waals surface area contributed by atoms with E-state index in [0.29, 0.717) is 18.6 Å². The lowest BCUT2D eigenvalue weighted by Crippen LogP contribution is -2.51. The van der Waals surface area contributed by atoms with Gasteiger partial charge in [0, 0.05) is 23.6 Å². The number of ether oxygens (including phenoxy) is 1. The highest BCUT2D eigenvalue weighted by atomic mass is 79.9. The van der Waals surface area contributed by atoms with Crippen molar-refractivity contribution in [2.75, 3.05) is 26.2 Å². The maximum absolute atomic E-state index is 13.7. The molecule has 1 aliphatic heterocycles. The molecule has 1 aromatic carbocycles. The lowest BCUT2D eigenvalue weighted by molar-refractivity contribution is -0.0386. The Hall–Kier alpha value is -0.490. The van der Waals surface area contributed by atoms with Gasteiger partial charge in [0.05, 0.1) is 12.7 Å².